The van der Waals surface area contributed by atoms with Gasteiger partial charge < -0.3 is 24.8 Å². The van der Waals surface area contributed by atoms with Crippen molar-refractivity contribution in [1.29, 1.82) is 0 Å². The molecule has 0 bridgehead atoms. The predicted octanol–water partition coefficient (Wildman–Crippen LogP) is 2.27. The van der Waals surface area contributed by atoms with E-state index in [1.165, 1.54) is 0 Å². The van der Waals surface area contributed by atoms with Crippen molar-refractivity contribution in [1.82, 2.24) is 9.88 Å². The smallest absolute Gasteiger partial charge is 0.366 e. The number of pyridine rings is 1. The van der Waals surface area contributed by atoms with Crippen LogP contribution in [-0.4, -0.2) is 58.3 Å². The highest BCUT2D eigenvalue weighted by molar-refractivity contribution is 7.48. The Morgan fingerprint density at radius 3 is 2.97 bits per heavy atom. The molecule has 1 saturated carbocycles. The van der Waals surface area contributed by atoms with E-state index in [2.05, 4.69) is 4.98 Å². The van der Waals surface area contributed by atoms with Crippen molar-refractivity contribution in [3.05, 3.63) is 54.1 Å². The van der Waals surface area contributed by atoms with E-state index in [4.69, 9.17) is 33.5 Å². The fraction of sp³-hybridized carbons (Fsp3) is 0.545. The third-order valence-corrected chi connectivity index (χ3v) is 8.09. The van der Waals surface area contributed by atoms with E-state index in [9.17, 15) is 9.36 Å². The lowest BCUT2D eigenvalue weighted by molar-refractivity contribution is -0.185. The molecule has 34 heavy (non-hydrogen) atoms. The van der Waals surface area contributed by atoms with Crippen LogP contribution < -0.4 is 5.73 Å². The van der Waals surface area contributed by atoms with E-state index in [1.807, 2.05) is 18.3 Å². The van der Waals surface area contributed by atoms with Crippen LogP contribution in [0.15, 0.2) is 48.6 Å². The summed E-state index contributed by atoms with van der Waals surface area (Å²) in [7, 11) is -3.90. The largest absolute Gasteiger partial charge is 0.475 e. The number of phosphoric ester groups is 1. The van der Waals surface area contributed by atoms with Gasteiger partial charge in [0.2, 0.25) is 5.91 Å². The lowest BCUT2D eigenvalue weighted by Gasteiger charge is -2.33. The van der Waals surface area contributed by atoms with Crippen LogP contribution in [0, 0.1) is 0 Å². The molecule has 182 valence electrons. The molecule has 5 heterocycles. The van der Waals surface area contributed by atoms with Crippen molar-refractivity contribution >= 4 is 13.7 Å². The molecule has 3 saturated heterocycles. The summed E-state index contributed by atoms with van der Waals surface area (Å²) in [5.41, 5.74) is 5.74. The summed E-state index contributed by atoms with van der Waals surface area (Å²) in [6, 6.07) is 3.65. The van der Waals surface area contributed by atoms with Crippen LogP contribution in [0.3, 0.4) is 0 Å². The Bertz CT molecular complexity index is 1110. The standard InChI is InChI=1S/C22H26N3O8P/c1-21(2)30-18-20(25-9-4-6-14(12-25)19(23)26)29-16-17(22(16,18)33-21)32-34(27)28-10-7-15(31-34)13-5-3-8-24-11-13/h3-5,8-9,11-12,15-18,20H,6-7,10H2,1-2H3,(H2,23,26)/t15?,16?,17?,18-,20+,22-,34?/m0/s1. The summed E-state index contributed by atoms with van der Waals surface area (Å²) in [4.78, 5) is 17.5. The molecule has 1 spiro atoms. The molecular weight excluding hydrogens is 465 g/mol. The second-order valence-corrected chi connectivity index (χ2v) is 10.9. The first-order chi connectivity index (χ1) is 16.2. The van der Waals surface area contributed by atoms with Gasteiger partial charge in [0.15, 0.2) is 17.6 Å². The van der Waals surface area contributed by atoms with Crippen LogP contribution in [0.5, 0.6) is 0 Å². The number of hydrogen-bond donors (Lipinski definition) is 1. The van der Waals surface area contributed by atoms with E-state index >= 15 is 0 Å². The molecule has 0 radical (unpaired) electrons. The molecule has 1 aromatic rings. The number of carbonyl (C=O) groups is 1. The first-order valence-corrected chi connectivity index (χ1v) is 12.7. The Balaban J connectivity index is 1.22. The minimum Gasteiger partial charge on any atom is -0.366 e. The molecule has 1 aliphatic carbocycles. The van der Waals surface area contributed by atoms with Crippen molar-refractivity contribution in [3.8, 4) is 0 Å². The molecule has 11 nitrogen and oxygen atoms in total. The van der Waals surface area contributed by atoms with Gasteiger partial charge in [0.25, 0.3) is 0 Å². The maximum atomic E-state index is 13.4. The zero-order valence-electron chi connectivity index (χ0n) is 18.7. The minimum atomic E-state index is -3.90. The van der Waals surface area contributed by atoms with Gasteiger partial charge in [-0.05, 0) is 31.9 Å². The van der Waals surface area contributed by atoms with Gasteiger partial charge in [-0.1, -0.05) is 12.1 Å². The van der Waals surface area contributed by atoms with Gasteiger partial charge in [0.05, 0.1) is 12.7 Å². The zero-order valence-corrected chi connectivity index (χ0v) is 19.6. The number of carbonyl (C=O) groups excluding carboxylic acids is 1. The number of phosphoric acid groups is 1. The maximum absolute atomic E-state index is 13.4. The van der Waals surface area contributed by atoms with Crippen LogP contribution in [-0.2, 0) is 37.1 Å². The summed E-state index contributed by atoms with van der Waals surface area (Å²) in [6.07, 6.45) is 6.75. The number of nitrogens with zero attached hydrogens (tertiary/aromatic N) is 2. The summed E-state index contributed by atoms with van der Waals surface area (Å²) < 4.78 is 49.3. The molecule has 7 atom stereocenters. The van der Waals surface area contributed by atoms with Crippen molar-refractivity contribution in [2.75, 3.05) is 6.61 Å². The molecule has 1 amide bonds. The number of amides is 1. The number of allylic oxidation sites excluding steroid dienone is 1. The summed E-state index contributed by atoms with van der Waals surface area (Å²) >= 11 is 0. The summed E-state index contributed by atoms with van der Waals surface area (Å²) in [5.74, 6) is -1.41. The lowest BCUT2D eigenvalue weighted by Crippen LogP contribution is -2.45. The maximum Gasteiger partial charge on any atom is 0.475 e. The van der Waals surface area contributed by atoms with Crippen LogP contribution in [0.4, 0.5) is 0 Å². The molecule has 5 aliphatic rings. The van der Waals surface area contributed by atoms with Crippen molar-refractivity contribution in [3.63, 3.8) is 0 Å². The molecule has 0 aromatic carbocycles. The summed E-state index contributed by atoms with van der Waals surface area (Å²) in [5, 5.41) is 0. The third kappa shape index (κ3) is 3.54. The number of hydrogen-bond acceptors (Lipinski definition) is 10. The number of nitrogens with two attached hydrogens (primary N) is 1. The average molecular weight is 491 g/mol. The van der Waals surface area contributed by atoms with Crippen molar-refractivity contribution < 1.29 is 37.1 Å². The Hall–Kier alpha value is -2.11. The van der Waals surface area contributed by atoms with Gasteiger partial charge in [-0.3, -0.25) is 23.3 Å². The van der Waals surface area contributed by atoms with Crippen molar-refractivity contribution in [2.24, 2.45) is 5.73 Å². The highest BCUT2D eigenvalue weighted by atomic mass is 31.2. The highest BCUT2D eigenvalue weighted by Gasteiger charge is 2.86. The highest BCUT2D eigenvalue weighted by Crippen LogP contribution is 2.68. The third-order valence-electron chi connectivity index (χ3n) is 6.59. The van der Waals surface area contributed by atoms with Crippen LogP contribution in [0.25, 0.3) is 0 Å². The first kappa shape index (κ1) is 22.4. The van der Waals surface area contributed by atoms with Crippen LogP contribution >= 0.6 is 7.82 Å². The van der Waals surface area contributed by atoms with Crippen molar-refractivity contribution in [2.45, 2.75) is 68.7 Å². The Morgan fingerprint density at radius 2 is 2.21 bits per heavy atom. The van der Waals surface area contributed by atoms with Gasteiger partial charge in [-0.25, -0.2) is 4.57 Å². The number of rotatable bonds is 5. The quantitative estimate of drug-likeness (QED) is 0.612. The van der Waals surface area contributed by atoms with Gasteiger partial charge in [0.1, 0.15) is 18.3 Å². The van der Waals surface area contributed by atoms with E-state index in [-0.39, 0.29) is 6.61 Å². The van der Waals surface area contributed by atoms with E-state index < -0.39 is 55.8 Å². The fourth-order valence-electron chi connectivity index (χ4n) is 5.11. The second-order valence-electron chi connectivity index (χ2n) is 9.37. The molecular formula is C22H26N3O8P. The second kappa shape index (κ2) is 7.69. The zero-order chi connectivity index (χ0) is 23.7. The molecule has 4 unspecified atom stereocenters. The van der Waals surface area contributed by atoms with Crippen LogP contribution in [0.1, 0.15) is 38.4 Å². The van der Waals surface area contributed by atoms with Crippen LogP contribution in [0.2, 0.25) is 0 Å². The topological polar surface area (TPSA) is 132 Å². The fourth-order valence-corrected chi connectivity index (χ4v) is 6.70. The average Bonchev–Trinajstić information content (AvgIpc) is 3.08. The molecule has 2 N–H and O–H groups in total. The Kier molecular flexibility index (Phi) is 5.06. The van der Waals surface area contributed by atoms with Gasteiger partial charge in [-0.15, -0.1) is 0 Å². The van der Waals surface area contributed by atoms with Gasteiger partial charge in [0, 0.05) is 36.8 Å². The SMILES string of the molecule is CC1(C)O[C@H]2[C@H](N3C=CCC(C(N)=O)=C3)OC3C(OP4(=O)OCCC(c5cccnc5)O4)[C@@]32O1. The van der Waals surface area contributed by atoms with E-state index in [1.54, 1.807) is 43.4 Å². The molecule has 4 fully saturated rings. The minimum absolute atomic E-state index is 0.218. The Labute approximate surface area is 196 Å². The normalized spacial score (nSPS) is 42.1. The lowest BCUT2D eigenvalue weighted by atomic mass is 10.1. The molecule has 6 rings (SSSR count). The molecule has 1 aromatic heterocycles. The predicted molar refractivity (Wildman–Crippen MR) is 115 cm³/mol. The van der Waals surface area contributed by atoms with Gasteiger partial charge in [-0.2, -0.15) is 0 Å². The number of ether oxygens (including phenoxy) is 3. The van der Waals surface area contributed by atoms with E-state index in [0.29, 0.717) is 18.4 Å². The number of aromatic nitrogens is 1. The monoisotopic (exact) mass is 491 g/mol. The van der Waals surface area contributed by atoms with Gasteiger partial charge >= 0.3 is 7.82 Å². The molecule has 12 heteroatoms. The molecule has 4 aliphatic heterocycles. The first-order valence-electron chi connectivity index (χ1n) is 11.2. The van der Waals surface area contributed by atoms with E-state index in [0.717, 1.165) is 5.56 Å². The Morgan fingerprint density at radius 1 is 1.35 bits per heavy atom. The number of primary amides is 1. The summed E-state index contributed by atoms with van der Waals surface area (Å²) in [6.45, 7) is 3.82.